The quantitative estimate of drug-likeness (QED) is 0.0158. The molecule has 3 aromatic rings. The van der Waals surface area contributed by atoms with Gasteiger partial charge in [-0.1, -0.05) is 59.7 Å². The molecule has 4 amide bonds. The summed E-state index contributed by atoms with van der Waals surface area (Å²) in [5.74, 6) is -6.80. The van der Waals surface area contributed by atoms with Crippen molar-refractivity contribution in [3.8, 4) is 34.5 Å². The van der Waals surface area contributed by atoms with Crippen molar-refractivity contribution >= 4 is 101 Å². The third kappa shape index (κ3) is 22.2. The second-order valence-corrected chi connectivity index (χ2v) is 43.5. The van der Waals surface area contributed by atoms with E-state index in [0.717, 1.165) is 39.9 Å². The summed E-state index contributed by atoms with van der Waals surface area (Å²) in [6.45, 7) is 31.4. The number of benzene rings is 3. The molecule has 4 saturated heterocycles. The predicted octanol–water partition coefficient (Wildman–Crippen LogP) is 7.95. The standard InChI is InChI=1S/C34H46N2O11.C29H38N2O9.C26H34N2O7.C12H17NO7.CH2Cl2/c1-17(2)15-21(35-28(38)18(3)44-31(41)47-32(5,6)7)30(40)43-19(4)29(39)45-23-11-12-34(42)24-16-20-9-10-22(37)26-25(20)33(34,27(23)46-26)13-14-36(24)8;1-14(2)12-18(30-25(34)15(3)32)27(36)38-16(4)26(35)39-20-8-9-29(37)21-13-17-6-7-19(33)23-22(17)28(29,24(20)40-23)10-11-31(21)5;1-13(2)11-16(27)24(31)33-14(3)23(30)34-18-7-8-26(32)19-12-15-5-6-17(29)21-20(15)25(26,22(18)35-21)9-10-28(19)4;1-7(18-11(17)19-12(2,3)4)10(16)20-13-8(14)5-6-9(13)15;2-1-3/h9-11,17-19,21,24,27,37,42H,12-16H2,1-8H3,(H,35,38);6-8,14-16,18,21,24,32-33,37H,9-13H2,1-5H3,(H,30,34);5-7,13-14,16,19,22,29,32H,8-12,27H2,1-4H3;7H,5-6H2,1-4H3;1H2/t18-,19-,21-,24+,27-,33-,34+;15-,16-,18-,21+,24-,28-,29+;14-,16-,19+,22-,25-,26+;7-;/m0000./s1. The number of hydrogen-bond donors (Lipinski definition) is 10. The van der Waals surface area contributed by atoms with Crippen LogP contribution in [0.5, 0.6) is 34.5 Å². The third-order valence-corrected chi connectivity index (χ3v) is 28.8. The van der Waals surface area contributed by atoms with Crippen LogP contribution in [0.1, 0.15) is 229 Å². The molecule has 4 fully saturated rings. The van der Waals surface area contributed by atoms with Gasteiger partial charge in [-0.3, -0.25) is 24.0 Å². The highest BCUT2D eigenvalue weighted by molar-refractivity contribution is 6.40. The molecule has 16 rings (SSSR count). The molecule has 21 atom stereocenters. The molecule has 0 radical (unpaired) electrons. The number of likely N-dealkylation sites (N-methyl/N-ethyl adjacent to an activating group) is 3. The first-order valence-electron chi connectivity index (χ1n) is 48.9. The van der Waals surface area contributed by atoms with E-state index in [9.17, 15) is 98.1 Å². The number of halogens is 2. The number of amides is 4. The molecular weight excluding hydrogens is 1940 g/mol. The van der Waals surface area contributed by atoms with Crippen LogP contribution in [0.3, 0.4) is 0 Å². The summed E-state index contributed by atoms with van der Waals surface area (Å²) in [6, 6.07) is 6.85. The van der Waals surface area contributed by atoms with Crippen molar-refractivity contribution in [1.82, 2.24) is 30.4 Å². The zero-order valence-electron chi connectivity index (χ0n) is 85.6. The maximum absolute atomic E-state index is 13.4. The highest BCUT2D eigenvalue weighted by atomic mass is 35.5. The van der Waals surface area contributed by atoms with Gasteiger partial charge in [0, 0.05) is 66.9 Å². The second kappa shape index (κ2) is 43.7. The summed E-state index contributed by atoms with van der Waals surface area (Å²) in [6.07, 6.45) is -2.31. The molecule has 6 aliphatic carbocycles. The molecule has 7 aliphatic heterocycles. The van der Waals surface area contributed by atoms with Crippen LogP contribution in [-0.2, 0) is 140 Å². The van der Waals surface area contributed by atoms with Crippen LogP contribution in [0, 0.1) is 17.8 Å². The summed E-state index contributed by atoms with van der Waals surface area (Å²) in [5, 5.41) is 83.7. The van der Waals surface area contributed by atoms with Crippen molar-refractivity contribution < 1.29 is 164 Å². The van der Waals surface area contributed by atoms with E-state index in [1.807, 2.05) is 80.9 Å². The number of rotatable bonds is 26. The number of nitrogens with two attached hydrogens (primary N) is 1. The number of alkyl halides is 2. The number of aliphatic hydroxyl groups excluding tert-OH is 1. The number of carbonyl (C=O) groups excluding carboxylic acids is 13. The lowest BCUT2D eigenvalue weighted by atomic mass is 9.50. The number of aromatic hydroxyl groups is 3. The number of phenolic OH excluding ortho intramolecular Hbond substituents is 3. The van der Waals surface area contributed by atoms with Gasteiger partial charge in [-0.15, -0.1) is 28.3 Å². The van der Waals surface area contributed by atoms with Crippen molar-refractivity contribution in [2.24, 2.45) is 23.5 Å². The van der Waals surface area contributed by atoms with Crippen LogP contribution >= 0.6 is 23.2 Å². The Morgan fingerprint density at radius 1 is 0.441 bits per heavy atom. The minimum atomic E-state index is -1.37. The van der Waals surface area contributed by atoms with Gasteiger partial charge < -0.3 is 133 Å². The summed E-state index contributed by atoms with van der Waals surface area (Å²) >= 11 is 9.53. The molecule has 41 nitrogen and oxygen atoms in total. The van der Waals surface area contributed by atoms with E-state index in [1.165, 1.54) is 41.5 Å². The zero-order valence-corrected chi connectivity index (χ0v) is 87.1. The largest absolute Gasteiger partial charge is 0.509 e. The molecule has 3 aromatic carbocycles. The van der Waals surface area contributed by atoms with Crippen LogP contribution in [0.25, 0.3) is 0 Å². The van der Waals surface area contributed by atoms with Gasteiger partial charge in [0.1, 0.15) is 52.7 Å². The molecule has 11 N–H and O–H groups in total. The fraction of sp³-hybridized carbons (Fsp3) is 0.637. The van der Waals surface area contributed by atoms with E-state index in [-0.39, 0.29) is 126 Å². The van der Waals surface area contributed by atoms with Crippen LogP contribution in [-0.4, -0.2) is 299 Å². The number of aliphatic hydroxyl groups is 4. The molecule has 43 heteroatoms. The van der Waals surface area contributed by atoms with Gasteiger partial charge >= 0.3 is 54.1 Å². The second-order valence-electron chi connectivity index (χ2n) is 42.6. The molecule has 13 aliphatic rings. The number of imide groups is 1. The molecule has 6 bridgehead atoms. The van der Waals surface area contributed by atoms with Crippen LogP contribution in [0.2, 0.25) is 0 Å². The maximum atomic E-state index is 13.4. The van der Waals surface area contributed by atoms with E-state index in [2.05, 4.69) is 34.9 Å². The van der Waals surface area contributed by atoms with Gasteiger partial charge in [0.25, 0.3) is 17.7 Å². The van der Waals surface area contributed by atoms with Gasteiger partial charge in [0.05, 0.1) is 38.4 Å². The zero-order chi connectivity index (χ0) is 107. The highest BCUT2D eigenvalue weighted by Gasteiger charge is 2.76. The van der Waals surface area contributed by atoms with Gasteiger partial charge in [0.2, 0.25) is 12.0 Å². The molecule has 0 unspecified atom stereocenters. The topological polar surface area (TPSA) is 556 Å². The highest BCUT2D eigenvalue weighted by Crippen LogP contribution is 2.69. The van der Waals surface area contributed by atoms with E-state index in [0.29, 0.717) is 74.6 Å². The summed E-state index contributed by atoms with van der Waals surface area (Å²) in [4.78, 5) is 171. The van der Waals surface area contributed by atoms with Crippen LogP contribution < -0.4 is 30.6 Å². The number of piperidine rings is 3. The van der Waals surface area contributed by atoms with E-state index in [4.69, 9.17) is 85.8 Å². The van der Waals surface area contributed by atoms with Crippen LogP contribution in [0.15, 0.2) is 71.9 Å². The Morgan fingerprint density at radius 3 is 1.04 bits per heavy atom. The predicted molar refractivity (Wildman–Crippen MR) is 514 cm³/mol. The van der Waals surface area contributed by atoms with E-state index >= 15 is 0 Å². The third-order valence-electron chi connectivity index (χ3n) is 28.8. The normalized spacial score (nSPS) is 27.6. The number of likely N-dealkylation sites (tertiary alicyclic amines) is 3. The molecule has 3 spiro atoms. The molecule has 145 heavy (non-hydrogen) atoms. The summed E-state index contributed by atoms with van der Waals surface area (Å²) in [7, 11) is 5.97. The van der Waals surface area contributed by atoms with Gasteiger partial charge in [-0.05, 0) is 253 Å². The van der Waals surface area contributed by atoms with Gasteiger partial charge in [-0.25, -0.2) is 38.4 Å². The molecule has 7 heterocycles. The first-order valence-corrected chi connectivity index (χ1v) is 50.0. The molecule has 0 saturated carbocycles. The lowest BCUT2D eigenvalue weighted by molar-refractivity contribution is -0.203. The van der Waals surface area contributed by atoms with Gasteiger partial charge in [0.15, 0.2) is 77.2 Å². The lowest BCUT2D eigenvalue weighted by Gasteiger charge is -2.61. The number of hydroxylamine groups is 2. The minimum Gasteiger partial charge on any atom is -0.504 e. The minimum absolute atomic E-state index is 0.000585. The summed E-state index contributed by atoms with van der Waals surface area (Å²) < 4.78 is 72.0. The van der Waals surface area contributed by atoms with Crippen molar-refractivity contribution in [1.29, 1.82) is 0 Å². The Bertz CT molecular complexity index is 5580. The number of esters is 6. The average molecular weight is 2080 g/mol. The number of ether oxygens (including phenoxy) is 13. The fourth-order valence-electron chi connectivity index (χ4n) is 22.1. The number of nitrogens with one attached hydrogen (secondary N) is 2. The monoisotopic (exact) mass is 2070 g/mol. The first kappa shape index (κ1) is 113. The first-order chi connectivity index (χ1) is 67.7. The fourth-order valence-corrected chi connectivity index (χ4v) is 22.1. The lowest BCUT2D eigenvalue weighted by Crippen LogP contribution is -2.74. The van der Waals surface area contributed by atoms with Crippen molar-refractivity contribution in [3.05, 3.63) is 105 Å². The number of carbonyl (C=O) groups is 13. The Balaban J connectivity index is 0.000000176. The van der Waals surface area contributed by atoms with Crippen molar-refractivity contribution in [2.45, 2.75) is 350 Å². The van der Waals surface area contributed by atoms with E-state index < -0.39 is 195 Å². The molecular formula is C102H137Cl2N7O34. The molecule has 798 valence electrons. The number of hydrogen-bond acceptors (Lipinski definition) is 38. The Labute approximate surface area is 850 Å². The number of nitrogens with zero attached hydrogens (tertiary/aromatic N) is 4. The smallest absolute Gasteiger partial charge is 0.504 e. The Kier molecular flexibility index (Phi) is 33.9. The van der Waals surface area contributed by atoms with Crippen LogP contribution in [0.4, 0.5) is 9.59 Å². The van der Waals surface area contributed by atoms with Crippen molar-refractivity contribution in [2.75, 3.05) is 46.1 Å². The molecule has 0 aromatic heterocycles. The SMILES string of the molecule is CC(C)C[C@H](N)C(=O)O[C@@H](C)C(=O)OC1=CC[C@@]2(O)[C@H]3Cc4ccc(O)c5c4[C@@]2(CCN3C)[C@H]1O5.CC(C)C[C@H](NC(=O)[C@H](C)O)C(=O)O[C@@H](C)C(=O)OC1=CC[C@@]2(O)[C@H]3Cc4ccc(O)c5c4[C@@]2(CCN3C)[C@H]1O5.CC(C)C[C@H](NC(=O)[C@H](C)OC(=O)OC(C)(C)C)C(=O)O[C@@H](C)C(=O)OC1=CC[C@@]2(O)[C@H]3Cc4ccc(O)c5c4[C@@]2(CCN3C)[C@H]1O5.C[C@H](OC(=O)OC(C)(C)C)C(=O)ON1C(=O)CCC1=O.ClCCl. The number of phenols is 3. The Hall–Kier alpha value is -11.2. The Morgan fingerprint density at radius 2 is 0.738 bits per heavy atom. The van der Waals surface area contributed by atoms with Gasteiger partial charge in [-0.2, -0.15) is 0 Å². The maximum Gasteiger partial charge on any atom is 0.509 e. The average Bonchev–Trinajstić information content (AvgIpc) is 1.62. The van der Waals surface area contributed by atoms with Crippen molar-refractivity contribution in [3.63, 3.8) is 0 Å². The summed E-state index contributed by atoms with van der Waals surface area (Å²) in [5.41, 5.74) is 3.36. The van der Waals surface area contributed by atoms with E-state index in [1.54, 1.807) is 78.0 Å².